The van der Waals surface area contributed by atoms with Crippen molar-refractivity contribution in [1.29, 1.82) is 0 Å². The Morgan fingerprint density at radius 2 is 2.04 bits per heavy atom. The fraction of sp³-hybridized carbons (Fsp3) is 0.556. The van der Waals surface area contributed by atoms with Gasteiger partial charge in [0.2, 0.25) is 5.91 Å². The quantitative estimate of drug-likeness (QED) is 0.845. The third kappa shape index (κ3) is 4.24. The minimum Gasteiger partial charge on any atom is -0.344 e. The number of alkyl halides is 3. The number of rotatable bonds is 4. The molecule has 1 amide bonds. The van der Waals surface area contributed by atoms with Gasteiger partial charge in [0, 0.05) is 32.1 Å². The van der Waals surface area contributed by atoms with Crippen LogP contribution in [-0.4, -0.2) is 59.0 Å². The molecule has 0 radical (unpaired) electrons. The van der Waals surface area contributed by atoms with Crippen LogP contribution >= 0.6 is 0 Å². The van der Waals surface area contributed by atoms with Gasteiger partial charge in [-0.3, -0.25) is 14.4 Å². The average molecular weight is 383 g/mol. The lowest BCUT2D eigenvalue weighted by molar-refractivity contribution is -0.157. The molecule has 1 aromatic carbocycles. The van der Waals surface area contributed by atoms with Crippen LogP contribution in [-0.2, 0) is 17.4 Å². The molecule has 9 heteroatoms. The first-order valence-electron chi connectivity index (χ1n) is 8.84. The van der Waals surface area contributed by atoms with E-state index < -0.39 is 30.2 Å². The van der Waals surface area contributed by atoms with E-state index in [2.05, 4.69) is 15.7 Å². The van der Waals surface area contributed by atoms with Crippen LogP contribution in [0, 0.1) is 0 Å². The number of carbonyl (C=O) groups is 1. The Labute approximate surface area is 155 Å². The normalized spacial score (nSPS) is 19.4. The van der Waals surface area contributed by atoms with Gasteiger partial charge in [0.1, 0.15) is 6.04 Å². The van der Waals surface area contributed by atoms with Crippen molar-refractivity contribution < 1.29 is 18.0 Å². The second-order valence-electron chi connectivity index (χ2n) is 7.41. The maximum absolute atomic E-state index is 12.9. The Morgan fingerprint density at radius 3 is 2.74 bits per heavy atom. The molecule has 1 aromatic heterocycles. The summed E-state index contributed by atoms with van der Waals surface area (Å²) in [6, 6.07) is 6.77. The maximum atomic E-state index is 12.9. The van der Waals surface area contributed by atoms with Crippen molar-refractivity contribution in [3.05, 3.63) is 30.0 Å². The zero-order chi connectivity index (χ0) is 19.8. The van der Waals surface area contributed by atoms with Crippen LogP contribution < -0.4 is 10.6 Å². The molecular weight excluding hydrogens is 359 g/mol. The molecule has 1 saturated heterocycles. The molecule has 0 unspecified atom stereocenters. The van der Waals surface area contributed by atoms with E-state index in [0.29, 0.717) is 12.2 Å². The number of para-hydroxylation sites is 1. The Hall–Kier alpha value is -2.13. The van der Waals surface area contributed by atoms with Crippen LogP contribution in [0.15, 0.2) is 24.3 Å². The summed E-state index contributed by atoms with van der Waals surface area (Å²) in [7, 11) is 1.82. The van der Waals surface area contributed by atoms with Crippen molar-refractivity contribution >= 4 is 16.8 Å². The van der Waals surface area contributed by atoms with E-state index in [9.17, 15) is 18.0 Å². The molecule has 0 spiro atoms. The molecule has 1 aliphatic rings. The average Bonchev–Trinajstić information content (AvgIpc) is 2.92. The Morgan fingerprint density at radius 1 is 1.33 bits per heavy atom. The summed E-state index contributed by atoms with van der Waals surface area (Å²) >= 11 is 0. The number of hydrogen-bond donors (Lipinski definition) is 2. The summed E-state index contributed by atoms with van der Waals surface area (Å²) in [6.45, 7) is 3.30. The number of halogens is 3. The molecule has 27 heavy (non-hydrogen) atoms. The number of piperazine rings is 1. The number of carbonyl (C=O) groups excluding carboxylic acids is 1. The first-order chi connectivity index (χ1) is 12.6. The highest BCUT2D eigenvalue weighted by atomic mass is 19.4. The Balaban J connectivity index is 1.82. The van der Waals surface area contributed by atoms with E-state index in [1.54, 1.807) is 4.68 Å². The zero-order valence-corrected chi connectivity index (χ0v) is 15.6. The number of benzene rings is 1. The van der Waals surface area contributed by atoms with Crippen molar-refractivity contribution in [2.24, 2.45) is 7.05 Å². The summed E-state index contributed by atoms with van der Waals surface area (Å²) in [6.07, 6.45) is -4.34. The van der Waals surface area contributed by atoms with Gasteiger partial charge in [-0.1, -0.05) is 18.2 Å². The van der Waals surface area contributed by atoms with Crippen LogP contribution in [0.25, 0.3) is 10.9 Å². The molecule has 6 nitrogen and oxygen atoms in total. The fourth-order valence-electron chi connectivity index (χ4n) is 3.55. The lowest BCUT2D eigenvalue weighted by Gasteiger charge is -2.37. The van der Waals surface area contributed by atoms with Crippen LogP contribution in [0.2, 0.25) is 0 Å². The summed E-state index contributed by atoms with van der Waals surface area (Å²) in [5, 5.41) is 11.3. The SMILES string of the molecule is Cn1nc(C(C)(C)NC(=O)[C@@H]2CNCCN2CC(F)(F)F)c2ccccc21. The van der Waals surface area contributed by atoms with Gasteiger partial charge in [-0.15, -0.1) is 0 Å². The molecule has 0 aliphatic carbocycles. The number of aryl methyl sites for hydroxylation is 1. The molecule has 3 rings (SSSR count). The first kappa shape index (κ1) is 19.6. The largest absolute Gasteiger partial charge is 0.401 e. The number of amides is 1. The Kier molecular flexibility index (Phi) is 5.18. The topological polar surface area (TPSA) is 62.2 Å². The van der Waals surface area contributed by atoms with Gasteiger partial charge < -0.3 is 10.6 Å². The summed E-state index contributed by atoms with van der Waals surface area (Å²) in [5.41, 5.74) is 0.771. The van der Waals surface area contributed by atoms with Crippen LogP contribution in [0.5, 0.6) is 0 Å². The number of nitrogens with one attached hydrogen (secondary N) is 2. The van der Waals surface area contributed by atoms with E-state index in [-0.39, 0.29) is 13.1 Å². The van der Waals surface area contributed by atoms with Gasteiger partial charge in [0.05, 0.1) is 23.3 Å². The van der Waals surface area contributed by atoms with Crippen LogP contribution in [0.3, 0.4) is 0 Å². The smallest absolute Gasteiger partial charge is 0.344 e. The van der Waals surface area contributed by atoms with Gasteiger partial charge in [-0.05, 0) is 19.9 Å². The van der Waals surface area contributed by atoms with Crippen molar-refractivity contribution in [3.63, 3.8) is 0 Å². The van der Waals surface area contributed by atoms with E-state index >= 15 is 0 Å². The number of hydrogen-bond acceptors (Lipinski definition) is 4. The van der Waals surface area contributed by atoms with E-state index in [4.69, 9.17) is 0 Å². The second-order valence-corrected chi connectivity index (χ2v) is 7.41. The van der Waals surface area contributed by atoms with Crippen molar-refractivity contribution in [1.82, 2.24) is 25.3 Å². The molecular formula is C18H24F3N5O. The molecule has 0 bridgehead atoms. The second kappa shape index (κ2) is 7.12. The van der Waals surface area contributed by atoms with E-state index in [1.165, 1.54) is 4.90 Å². The van der Waals surface area contributed by atoms with Crippen molar-refractivity contribution in [2.45, 2.75) is 31.6 Å². The molecule has 2 N–H and O–H groups in total. The zero-order valence-electron chi connectivity index (χ0n) is 15.6. The third-order valence-electron chi connectivity index (χ3n) is 4.82. The van der Waals surface area contributed by atoms with Crippen molar-refractivity contribution in [2.75, 3.05) is 26.2 Å². The van der Waals surface area contributed by atoms with E-state index in [1.807, 2.05) is 45.2 Å². The minimum absolute atomic E-state index is 0.171. The van der Waals surface area contributed by atoms with Gasteiger partial charge >= 0.3 is 6.18 Å². The highest BCUT2D eigenvalue weighted by molar-refractivity contribution is 5.86. The number of nitrogens with zero attached hydrogens (tertiary/aromatic N) is 3. The van der Waals surface area contributed by atoms with Gasteiger partial charge in [-0.2, -0.15) is 18.3 Å². The molecule has 1 aliphatic heterocycles. The molecule has 1 fully saturated rings. The summed E-state index contributed by atoms with van der Waals surface area (Å²) in [5.74, 6) is -0.439. The molecule has 2 aromatic rings. The summed E-state index contributed by atoms with van der Waals surface area (Å²) in [4.78, 5) is 14.0. The molecule has 0 saturated carbocycles. The fourth-order valence-corrected chi connectivity index (χ4v) is 3.55. The predicted octanol–water partition coefficient (Wildman–Crippen LogP) is 1.76. The first-order valence-corrected chi connectivity index (χ1v) is 8.84. The molecule has 2 heterocycles. The van der Waals surface area contributed by atoms with E-state index in [0.717, 1.165) is 10.9 Å². The Bertz CT molecular complexity index is 830. The standard InChI is InChI=1S/C18H24F3N5O/c1-17(2,15-12-6-4-5-7-13(12)25(3)24-15)23-16(27)14-10-22-8-9-26(14)11-18(19,20)21/h4-7,14,22H,8-11H2,1-3H3,(H,23,27)/t14-/m0/s1. The number of aromatic nitrogens is 2. The summed E-state index contributed by atoms with van der Waals surface area (Å²) < 4.78 is 40.3. The van der Waals surface area contributed by atoms with Gasteiger partial charge in [0.25, 0.3) is 0 Å². The van der Waals surface area contributed by atoms with Crippen LogP contribution in [0.4, 0.5) is 13.2 Å². The molecule has 148 valence electrons. The van der Waals surface area contributed by atoms with Crippen LogP contribution in [0.1, 0.15) is 19.5 Å². The minimum atomic E-state index is -4.34. The predicted molar refractivity (Wildman–Crippen MR) is 96.2 cm³/mol. The maximum Gasteiger partial charge on any atom is 0.401 e. The highest BCUT2D eigenvalue weighted by Crippen LogP contribution is 2.28. The monoisotopic (exact) mass is 383 g/mol. The van der Waals surface area contributed by atoms with Gasteiger partial charge in [-0.25, -0.2) is 0 Å². The number of fused-ring (bicyclic) bond motifs is 1. The van der Waals surface area contributed by atoms with Gasteiger partial charge in [0.15, 0.2) is 0 Å². The lowest BCUT2D eigenvalue weighted by Crippen LogP contribution is -2.61. The highest BCUT2D eigenvalue weighted by Gasteiger charge is 2.39. The van der Waals surface area contributed by atoms with Crippen molar-refractivity contribution in [3.8, 4) is 0 Å². The lowest BCUT2D eigenvalue weighted by atomic mass is 9.96. The molecule has 1 atom stereocenters. The third-order valence-corrected chi connectivity index (χ3v) is 4.82.